The molecule has 0 radical (unpaired) electrons. The van der Waals surface area contributed by atoms with Gasteiger partial charge in [-0.15, -0.1) is 0 Å². The van der Waals surface area contributed by atoms with Gasteiger partial charge in [0.05, 0.1) is 0 Å². The number of H-pyrrole nitrogens is 1. The number of halogens is 1. The summed E-state index contributed by atoms with van der Waals surface area (Å²) >= 11 is 3.55. The summed E-state index contributed by atoms with van der Waals surface area (Å²) in [6.07, 6.45) is 4.17. The molecule has 72 valence electrons. The molecule has 1 aromatic heterocycles. The summed E-state index contributed by atoms with van der Waals surface area (Å²) in [7, 11) is 0. The van der Waals surface area contributed by atoms with Crippen LogP contribution < -0.4 is 5.73 Å². The smallest absolute Gasteiger partial charge is 0.0469 e. The van der Waals surface area contributed by atoms with Crippen LogP contribution in [0.5, 0.6) is 0 Å². The van der Waals surface area contributed by atoms with Crippen molar-refractivity contribution in [1.29, 1.82) is 0 Å². The van der Waals surface area contributed by atoms with E-state index in [4.69, 9.17) is 5.73 Å². The average molecular weight is 251 g/mol. The van der Waals surface area contributed by atoms with Crippen LogP contribution in [0.15, 0.2) is 28.9 Å². The minimum Gasteiger partial charge on any atom is -0.360 e. The Labute approximate surface area is 90.6 Å². The number of rotatable bonds is 1. The monoisotopic (exact) mass is 250 g/mol. The van der Waals surface area contributed by atoms with Crippen LogP contribution in [0.4, 0.5) is 0 Å². The lowest BCUT2D eigenvalue weighted by Gasteiger charge is -2.10. The maximum atomic E-state index is 6.23. The molecule has 0 unspecified atom stereocenters. The summed E-state index contributed by atoms with van der Waals surface area (Å²) in [6.45, 7) is 0. The van der Waals surface area contributed by atoms with Crippen LogP contribution in [0.3, 0.4) is 0 Å². The maximum absolute atomic E-state index is 6.23. The van der Waals surface area contributed by atoms with Crippen molar-refractivity contribution in [2.75, 3.05) is 0 Å². The first kappa shape index (κ1) is 8.50. The zero-order valence-electron chi connectivity index (χ0n) is 7.68. The minimum atomic E-state index is -0.0653. The maximum Gasteiger partial charge on any atom is 0.0469 e. The average Bonchev–Trinajstić information content (AvgIpc) is 2.83. The highest BCUT2D eigenvalue weighted by Crippen LogP contribution is 2.46. The molecule has 2 aromatic rings. The SMILES string of the molecule is NC1(c2cccc3[nH]cc(Br)c23)CC1. The summed E-state index contributed by atoms with van der Waals surface area (Å²) in [5, 5.41) is 1.24. The second kappa shape index (κ2) is 2.61. The molecule has 3 rings (SSSR count). The molecule has 0 amide bonds. The van der Waals surface area contributed by atoms with Crippen molar-refractivity contribution in [2.24, 2.45) is 5.73 Å². The Balaban J connectivity index is 2.37. The van der Waals surface area contributed by atoms with Crippen LogP contribution in [-0.4, -0.2) is 4.98 Å². The third-order valence-corrected chi connectivity index (χ3v) is 3.61. The van der Waals surface area contributed by atoms with Gasteiger partial charge in [0.25, 0.3) is 0 Å². The molecule has 3 heteroatoms. The molecule has 0 atom stereocenters. The lowest BCUT2D eigenvalue weighted by molar-refractivity contribution is 0.748. The van der Waals surface area contributed by atoms with Crippen LogP contribution in [0, 0.1) is 0 Å². The topological polar surface area (TPSA) is 41.8 Å². The minimum absolute atomic E-state index is 0.0653. The molecule has 1 aromatic carbocycles. The number of fused-ring (bicyclic) bond motifs is 1. The second-order valence-corrected chi connectivity index (χ2v) is 4.88. The van der Waals surface area contributed by atoms with Crippen molar-refractivity contribution in [1.82, 2.24) is 4.98 Å². The first-order valence-corrected chi connectivity index (χ1v) is 5.55. The number of hydrogen-bond donors (Lipinski definition) is 2. The molecular formula is C11H11BrN2. The summed E-state index contributed by atoms with van der Waals surface area (Å²) < 4.78 is 1.11. The second-order valence-electron chi connectivity index (χ2n) is 4.02. The molecule has 0 bridgehead atoms. The highest BCUT2D eigenvalue weighted by atomic mass is 79.9. The van der Waals surface area contributed by atoms with Gasteiger partial charge >= 0.3 is 0 Å². The third-order valence-electron chi connectivity index (χ3n) is 2.98. The van der Waals surface area contributed by atoms with E-state index in [0.29, 0.717) is 0 Å². The Kier molecular flexibility index (Phi) is 1.59. The normalized spacial score (nSPS) is 18.7. The van der Waals surface area contributed by atoms with Gasteiger partial charge in [0.2, 0.25) is 0 Å². The van der Waals surface area contributed by atoms with Crippen molar-refractivity contribution >= 4 is 26.8 Å². The van der Waals surface area contributed by atoms with E-state index in [0.717, 1.165) is 22.8 Å². The number of nitrogens with two attached hydrogens (primary N) is 1. The number of aromatic nitrogens is 1. The Morgan fingerprint density at radius 1 is 1.36 bits per heavy atom. The summed E-state index contributed by atoms with van der Waals surface area (Å²) in [6, 6.07) is 6.27. The van der Waals surface area contributed by atoms with Gasteiger partial charge in [-0.1, -0.05) is 12.1 Å². The fourth-order valence-electron chi connectivity index (χ4n) is 1.96. The summed E-state index contributed by atoms with van der Waals surface area (Å²) in [5.74, 6) is 0. The van der Waals surface area contributed by atoms with Crippen LogP contribution in [0.25, 0.3) is 10.9 Å². The zero-order chi connectivity index (χ0) is 9.76. The summed E-state index contributed by atoms with van der Waals surface area (Å²) in [4.78, 5) is 3.23. The first-order valence-electron chi connectivity index (χ1n) is 4.76. The molecule has 0 aliphatic heterocycles. The lowest BCUT2D eigenvalue weighted by Crippen LogP contribution is -2.18. The Morgan fingerprint density at radius 2 is 2.14 bits per heavy atom. The van der Waals surface area contributed by atoms with Gasteiger partial charge < -0.3 is 10.7 Å². The number of nitrogens with one attached hydrogen (secondary N) is 1. The van der Waals surface area contributed by atoms with E-state index in [1.165, 1.54) is 10.9 Å². The van der Waals surface area contributed by atoms with Gasteiger partial charge in [0.1, 0.15) is 0 Å². The molecule has 0 spiro atoms. The highest BCUT2D eigenvalue weighted by Gasteiger charge is 2.41. The van der Waals surface area contributed by atoms with Crippen molar-refractivity contribution in [3.8, 4) is 0 Å². The Hall–Kier alpha value is -0.800. The van der Waals surface area contributed by atoms with Crippen LogP contribution in [0.1, 0.15) is 18.4 Å². The molecule has 1 aliphatic carbocycles. The van der Waals surface area contributed by atoms with Crippen molar-refractivity contribution < 1.29 is 0 Å². The van der Waals surface area contributed by atoms with Gasteiger partial charge in [-0.3, -0.25) is 0 Å². The quantitative estimate of drug-likeness (QED) is 0.803. The van der Waals surface area contributed by atoms with Crippen LogP contribution in [-0.2, 0) is 5.54 Å². The highest BCUT2D eigenvalue weighted by molar-refractivity contribution is 9.10. The van der Waals surface area contributed by atoms with Crippen molar-refractivity contribution in [2.45, 2.75) is 18.4 Å². The Bertz CT molecular complexity index is 497. The molecule has 1 saturated carbocycles. The number of benzene rings is 1. The molecule has 2 nitrogen and oxygen atoms in total. The van der Waals surface area contributed by atoms with Crippen LogP contribution in [0.2, 0.25) is 0 Å². The van der Waals surface area contributed by atoms with E-state index in [9.17, 15) is 0 Å². The largest absolute Gasteiger partial charge is 0.360 e. The fourth-order valence-corrected chi connectivity index (χ4v) is 2.50. The predicted octanol–water partition coefficient (Wildman–Crippen LogP) is 2.88. The Morgan fingerprint density at radius 3 is 2.86 bits per heavy atom. The van der Waals surface area contributed by atoms with E-state index in [1.807, 2.05) is 6.20 Å². The molecular weight excluding hydrogens is 240 g/mol. The lowest BCUT2D eigenvalue weighted by atomic mass is 10.0. The van der Waals surface area contributed by atoms with Gasteiger partial charge in [-0.25, -0.2) is 0 Å². The van der Waals surface area contributed by atoms with Gasteiger partial charge in [0, 0.05) is 27.1 Å². The fraction of sp³-hybridized carbons (Fsp3) is 0.273. The summed E-state index contributed by atoms with van der Waals surface area (Å²) in [5.41, 5.74) is 8.59. The molecule has 1 aliphatic rings. The van der Waals surface area contributed by atoms with Crippen molar-refractivity contribution in [3.05, 3.63) is 34.4 Å². The van der Waals surface area contributed by atoms with E-state index in [1.54, 1.807) is 0 Å². The first-order chi connectivity index (χ1) is 6.71. The van der Waals surface area contributed by atoms with E-state index >= 15 is 0 Å². The molecule has 1 heterocycles. The van der Waals surface area contributed by atoms with Gasteiger partial charge in [-0.2, -0.15) is 0 Å². The number of hydrogen-bond acceptors (Lipinski definition) is 1. The molecule has 0 saturated heterocycles. The molecule has 1 fully saturated rings. The third kappa shape index (κ3) is 1.06. The van der Waals surface area contributed by atoms with Crippen LogP contribution >= 0.6 is 15.9 Å². The van der Waals surface area contributed by atoms with E-state index in [-0.39, 0.29) is 5.54 Å². The van der Waals surface area contributed by atoms with Gasteiger partial charge in [0.15, 0.2) is 0 Å². The number of aromatic amines is 1. The van der Waals surface area contributed by atoms with Gasteiger partial charge in [-0.05, 0) is 40.4 Å². The van der Waals surface area contributed by atoms with E-state index in [2.05, 4.69) is 39.1 Å². The predicted molar refractivity (Wildman–Crippen MR) is 61.1 cm³/mol. The van der Waals surface area contributed by atoms with E-state index < -0.39 is 0 Å². The zero-order valence-corrected chi connectivity index (χ0v) is 9.26. The van der Waals surface area contributed by atoms with Crippen molar-refractivity contribution in [3.63, 3.8) is 0 Å². The molecule has 14 heavy (non-hydrogen) atoms. The standard InChI is InChI=1S/C11H11BrN2/c12-8-6-14-9-3-1-2-7(10(8)9)11(13)4-5-11/h1-3,6,14H,4-5,13H2. The molecule has 3 N–H and O–H groups in total.